The number of benzene rings is 2. The quantitative estimate of drug-likeness (QED) is 0.504. The number of nitro groups is 1. The highest BCUT2D eigenvalue weighted by Crippen LogP contribution is 2.31. The van der Waals surface area contributed by atoms with Crippen molar-refractivity contribution in [3.8, 4) is 0 Å². The number of anilines is 2. The highest BCUT2D eigenvalue weighted by atomic mass is 19.1. The fraction of sp³-hybridized carbons (Fsp3) is 0.0769. The molecule has 2 aromatic carbocycles. The van der Waals surface area contributed by atoms with Crippen LogP contribution in [0.15, 0.2) is 36.4 Å². The van der Waals surface area contributed by atoms with Gasteiger partial charge >= 0.3 is 0 Å². The fourth-order valence-electron chi connectivity index (χ4n) is 1.83. The molecule has 0 saturated carbocycles. The number of rotatable bonds is 3. The minimum absolute atomic E-state index is 0.0503. The molecule has 19 heavy (non-hydrogen) atoms. The van der Waals surface area contributed by atoms with E-state index in [1.807, 2.05) is 0 Å². The van der Waals surface area contributed by atoms with Crippen molar-refractivity contribution in [1.29, 1.82) is 0 Å². The molecule has 0 aliphatic rings. The summed E-state index contributed by atoms with van der Waals surface area (Å²) in [6, 6.07) is 8.55. The summed E-state index contributed by atoms with van der Waals surface area (Å²) >= 11 is 0. The maximum Gasteiger partial charge on any atom is 0.292 e. The fourth-order valence-corrected chi connectivity index (χ4v) is 1.83. The maximum atomic E-state index is 12.8. The van der Waals surface area contributed by atoms with Gasteiger partial charge in [-0.25, -0.2) is 4.39 Å². The molecule has 0 spiro atoms. The summed E-state index contributed by atoms with van der Waals surface area (Å²) in [5.74, 6) is -0.344. The molecule has 0 fully saturated rings. The molecule has 0 saturated heterocycles. The van der Waals surface area contributed by atoms with Crippen LogP contribution in [0, 0.1) is 15.9 Å². The molecule has 0 aliphatic heterocycles. The first-order valence-corrected chi connectivity index (χ1v) is 5.54. The second kappa shape index (κ2) is 4.93. The molecule has 0 aliphatic carbocycles. The van der Waals surface area contributed by atoms with Gasteiger partial charge in [0.25, 0.3) is 5.69 Å². The average Bonchev–Trinajstić information content (AvgIpc) is 2.36. The average molecular weight is 261 g/mol. The first-order valence-electron chi connectivity index (χ1n) is 5.54. The zero-order valence-electron chi connectivity index (χ0n) is 9.97. The lowest BCUT2D eigenvalue weighted by Crippen LogP contribution is -2.04. The molecule has 0 atom stereocenters. The van der Waals surface area contributed by atoms with Crippen LogP contribution >= 0.6 is 0 Å². The number of nitrogens with zero attached hydrogens (tertiary/aromatic N) is 1. The van der Waals surface area contributed by atoms with Gasteiger partial charge in [0, 0.05) is 23.7 Å². The van der Waals surface area contributed by atoms with Crippen LogP contribution < -0.4 is 11.5 Å². The van der Waals surface area contributed by atoms with Gasteiger partial charge in [0.1, 0.15) is 11.5 Å². The predicted octanol–water partition coefficient (Wildman–Crippen LogP) is 2.49. The molecule has 6 heteroatoms. The third-order valence-corrected chi connectivity index (χ3v) is 2.86. The predicted molar refractivity (Wildman–Crippen MR) is 71.1 cm³/mol. The van der Waals surface area contributed by atoms with E-state index < -0.39 is 4.92 Å². The number of nitrogens with two attached hydrogens (primary N) is 2. The summed E-state index contributed by atoms with van der Waals surface area (Å²) < 4.78 is 12.8. The molecule has 0 aromatic heterocycles. The molecular formula is C13H12FN3O2. The van der Waals surface area contributed by atoms with Crippen molar-refractivity contribution in [3.63, 3.8) is 0 Å². The Morgan fingerprint density at radius 2 is 1.74 bits per heavy atom. The summed E-state index contributed by atoms with van der Waals surface area (Å²) in [7, 11) is 0. The zero-order chi connectivity index (χ0) is 14.0. The number of hydrogen-bond acceptors (Lipinski definition) is 4. The van der Waals surface area contributed by atoms with Crippen LogP contribution in [0.4, 0.5) is 21.5 Å². The zero-order valence-corrected chi connectivity index (χ0v) is 9.97. The van der Waals surface area contributed by atoms with Gasteiger partial charge < -0.3 is 11.5 Å². The smallest absolute Gasteiger partial charge is 0.292 e. The van der Waals surface area contributed by atoms with Crippen LogP contribution in [0.2, 0.25) is 0 Å². The van der Waals surface area contributed by atoms with E-state index in [0.29, 0.717) is 17.7 Å². The third-order valence-electron chi connectivity index (χ3n) is 2.86. The molecule has 0 bridgehead atoms. The summed E-state index contributed by atoms with van der Waals surface area (Å²) in [6.45, 7) is 0. The lowest BCUT2D eigenvalue weighted by atomic mass is 10.0. The molecule has 4 N–H and O–H groups in total. The van der Waals surface area contributed by atoms with Crippen molar-refractivity contribution >= 4 is 17.1 Å². The van der Waals surface area contributed by atoms with Gasteiger partial charge in [0.05, 0.1) is 4.92 Å². The molecule has 0 radical (unpaired) electrons. The molecule has 0 amide bonds. The lowest BCUT2D eigenvalue weighted by Gasteiger charge is -2.09. The Kier molecular flexibility index (Phi) is 3.33. The normalized spacial score (nSPS) is 10.4. The van der Waals surface area contributed by atoms with E-state index in [1.165, 1.54) is 24.3 Å². The largest absolute Gasteiger partial charge is 0.398 e. The Labute approximate surface area is 108 Å². The third kappa shape index (κ3) is 2.62. The van der Waals surface area contributed by atoms with Gasteiger partial charge in [0.15, 0.2) is 0 Å². The summed E-state index contributed by atoms with van der Waals surface area (Å²) in [6.07, 6.45) is 0.319. The number of nitro benzene ring substituents is 1. The first kappa shape index (κ1) is 12.8. The molecule has 0 unspecified atom stereocenters. The minimum Gasteiger partial charge on any atom is -0.398 e. The van der Waals surface area contributed by atoms with Crippen molar-refractivity contribution in [2.45, 2.75) is 6.42 Å². The number of halogens is 1. The second-order valence-corrected chi connectivity index (χ2v) is 4.13. The van der Waals surface area contributed by atoms with E-state index in [9.17, 15) is 14.5 Å². The van der Waals surface area contributed by atoms with Gasteiger partial charge in [0.2, 0.25) is 0 Å². The standard InChI is InChI=1S/C13H12FN3O2/c14-9-3-1-8(2-4-9)7-10-11(15)5-6-12(13(10)16)17(18)19/h1-6H,7,15-16H2. The van der Waals surface area contributed by atoms with Gasteiger partial charge in [-0.3, -0.25) is 10.1 Å². The van der Waals surface area contributed by atoms with E-state index in [2.05, 4.69) is 0 Å². The van der Waals surface area contributed by atoms with Crippen molar-refractivity contribution in [3.05, 3.63) is 63.5 Å². The highest BCUT2D eigenvalue weighted by molar-refractivity contribution is 5.72. The van der Waals surface area contributed by atoms with Crippen molar-refractivity contribution in [2.75, 3.05) is 11.5 Å². The highest BCUT2D eigenvalue weighted by Gasteiger charge is 2.17. The van der Waals surface area contributed by atoms with Crippen LogP contribution in [0.3, 0.4) is 0 Å². The molecule has 0 heterocycles. The molecule has 5 nitrogen and oxygen atoms in total. The Bertz CT molecular complexity index is 627. The van der Waals surface area contributed by atoms with E-state index in [4.69, 9.17) is 11.5 Å². The summed E-state index contributed by atoms with van der Waals surface area (Å²) in [5.41, 5.74) is 13.1. The van der Waals surface area contributed by atoms with Gasteiger partial charge in [-0.1, -0.05) is 12.1 Å². The van der Waals surface area contributed by atoms with E-state index in [0.717, 1.165) is 5.56 Å². The van der Waals surface area contributed by atoms with Gasteiger partial charge in [-0.15, -0.1) is 0 Å². The molecule has 98 valence electrons. The van der Waals surface area contributed by atoms with Gasteiger partial charge in [-0.05, 0) is 23.8 Å². The number of hydrogen-bond donors (Lipinski definition) is 2. The lowest BCUT2D eigenvalue weighted by molar-refractivity contribution is -0.383. The van der Waals surface area contributed by atoms with Crippen LogP contribution in [-0.2, 0) is 6.42 Å². The summed E-state index contributed by atoms with van der Waals surface area (Å²) in [5, 5.41) is 10.8. The van der Waals surface area contributed by atoms with Crippen LogP contribution in [0.25, 0.3) is 0 Å². The monoisotopic (exact) mass is 261 g/mol. The second-order valence-electron chi connectivity index (χ2n) is 4.13. The van der Waals surface area contributed by atoms with Crippen LogP contribution in [0.1, 0.15) is 11.1 Å². The van der Waals surface area contributed by atoms with Gasteiger partial charge in [-0.2, -0.15) is 0 Å². The Morgan fingerprint density at radius 3 is 2.32 bits per heavy atom. The van der Waals surface area contributed by atoms with Crippen molar-refractivity contribution < 1.29 is 9.31 Å². The molecular weight excluding hydrogens is 249 g/mol. The van der Waals surface area contributed by atoms with Crippen molar-refractivity contribution in [1.82, 2.24) is 0 Å². The Hall–Kier alpha value is -2.63. The maximum absolute atomic E-state index is 12.8. The minimum atomic E-state index is -0.553. The van der Waals surface area contributed by atoms with E-state index >= 15 is 0 Å². The topological polar surface area (TPSA) is 95.2 Å². The van der Waals surface area contributed by atoms with E-state index in [-0.39, 0.29) is 17.2 Å². The summed E-state index contributed by atoms with van der Waals surface area (Å²) in [4.78, 5) is 10.3. The number of nitrogen functional groups attached to an aromatic ring is 2. The van der Waals surface area contributed by atoms with E-state index in [1.54, 1.807) is 12.1 Å². The Balaban J connectivity index is 2.41. The SMILES string of the molecule is Nc1ccc([N+](=O)[O-])c(N)c1Cc1ccc(F)cc1. The Morgan fingerprint density at radius 1 is 1.11 bits per heavy atom. The first-order chi connectivity index (χ1) is 8.99. The van der Waals surface area contributed by atoms with Crippen molar-refractivity contribution in [2.24, 2.45) is 0 Å². The van der Waals surface area contributed by atoms with Crippen LogP contribution in [0.5, 0.6) is 0 Å². The van der Waals surface area contributed by atoms with Crippen LogP contribution in [-0.4, -0.2) is 4.92 Å². The molecule has 2 aromatic rings. The molecule has 2 rings (SSSR count).